The van der Waals surface area contributed by atoms with Crippen molar-refractivity contribution >= 4 is 16.9 Å². The van der Waals surface area contributed by atoms with Crippen molar-refractivity contribution in [2.75, 3.05) is 6.54 Å². The highest BCUT2D eigenvalue weighted by Crippen LogP contribution is 2.12. The molecule has 0 aliphatic heterocycles. The number of benzene rings is 1. The molecule has 2 rings (SSSR count). The van der Waals surface area contributed by atoms with Crippen LogP contribution in [0.25, 0.3) is 11.0 Å². The lowest BCUT2D eigenvalue weighted by Crippen LogP contribution is -2.37. The molecule has 1 heterocycles. The Hall–Kier alpha value is -2.08. The topological polar surface area (TPSA) is 104 Å². The van der Waals surface area contributed by atoms with E-state index in [-0.39, 0.29) is 17.6 Å². The van der Waals surface area contributed by atoms with Crippen LogP contribution in [0.15, 0.2) is 23.0 Å². The van der Waals surface area contributed by atoms with Gasteiger partial charge in [-0.15, -0.1) is 0 Å². The molecule has 6 heteroatoms. The molecular weight excluding hydrogens is 256 g/mol. The highest BCUT2D eigenvalue weighted by Gasteiger charge is 2.06. The van der Waals surface area contributed by atoms with E-state index in [9.17, 15) is 9.59 Å². The zero-order valence-corrected chi connectivity index (χ0v) is 11.5. The van der Waals surface area contributed by atoms with Crippen LogP contribution in [0.2, 0.25) is 0 Å². The summed E-state index contributed by atoms with van der Waals surface area (Å²) in [5.74, 6) is 0.0269. The molecule has 0 aliphatic carbocycles. The van der Waals surface area contributed by atoms with Gasteiger partial charge in [0.05, 0.1) is 11.0 Å². The van der Waals surface area contributed by atoms with Crippen molar-refractivity contribution in [3.05, 3.63) is 34.2 Å². The molecular formula is C14H20N4O2. The number of nitrogens with two attached hydrogens (primary N) is 1. The summed E-state index contributed by atoms with van der Waals surface area (Å²) >= 11 is 0. The van der Waals surface area contributed by atoms with Crippen LogP contribution >= 0.6 is 0 Å². The van der Waals surface area contributed by atoms with Crippen molar-refractivity contribution in [1.82, 2.24) is 15.3 Å². The number of fused-ring (bicyclic) bond motifs is 1. The van der Waals surface area contributed by atoms with Gasteiger partial charge >= 0.3 is 5.69 Å². The molecule has 0 radical (unpaired) electrons. The van der Waals surface area contributed by atoms with Crippen LogP contribution in [-0.4, -0.2) is 28.5 Å². The highest BCUT2D eigenvalue weighted by atomic mass is 16.1. The summed E-state index contributed by atoms with van der Waals surface area (Å²) < 4.78 is 0. The Morgan fingerprint density at radius 2 is 2.10 bits per heavy atom. The average Bonchev–Trinajstić information content (AvgIpc) is 2.77. The molecule has 20 heavy (non-hydrogen) atoms. The zero-order chi connectivity index (χ0) is 14.5. The van der Waals surface area contributed by atoms with Crippen LogP contribution in [0.1, 0.15) is 25.3 Å². The number of imidazole rings is 1. The van der Waals surface area contributed by atoms with Crippen LogP contribution in [0.5, 0.6) is 0 Å². The van der Waals surface area contributed by atoms with Crippen molar-refractivity contribution in [2.24, 2.45) is 5.73 Å². The maximum atomic E-state index is 11.6. The SMILES string of the molecule is C[C@@H](CN)NC(=O)CCCc1ccc2[nH]c(=O)[nH]c2c1. The van der Waals surface area contributed by atoms with Gasteiger partial charge in [-0.2, -0.15) is 0 Å². The molecule has 2 aromatic rings. The Labute approximate surface area is 116 Å². The second-order valence-corrected chi connectivity index (χ2v) is 5.02. The molecule has 108 valence electrons. The van der Waals surface area contributed by atoms with Crippen molar-refractivity contribution in [3.8, 4) is 0 Å². The summed E-state index contributed by atoms with van der Waals surface area (Å²) in [6.45, 7) is 2.33. The quantitative estimate of drug-likeness (QED) is 0.622. The second-order valence-electron chi connectivity index (χ2n) is 5.02. The zero-order valence-electron chi connectivity index (χ0n) is 11.5. The number of carbonyl (C=O) groups excluding carboxylic acids is 1. The average molecular weight is 276 g/mol. The second kappa shape index (κ2) is 6.38. The number of nitrogens with one attached hydrogen (secondary N) is 3. The van der Waals surface area contributed by atoms with E-state index in [1.165, 1.54) is 0 Å². The standard InChI is InChI=1S/C14H20N4O2/c1-9(8-15)16-13(19)4-2-3-10-5-6-11-12(7-10)18-14(20)17-11/h5-7,9H,2-4,8,15H2,1H3,(H,16,19)(H2,17,18,20)/t9-/m0/s1. The van der Waals surface area contributed by atoms with Gasteiger partial charge in [0.1, 0.15) is 0 Å². The van der Waals surface area contributed by atoms with Crippen LogP contribution in [0.3, 0.4) is 0 Å². The Balaban J connectivity index is 1.86. The number of hydrogen-bond acceptors (Lipinski definition) is 3. The van der Waals surface area contributed by atoms with Gasteiger partial charge in [-0.05, 0) is 37.5 Å². The molecule has 0 bridgehead atoms. The molecule has 1 aromatic heterocycles. The number of amides is 1. The van der Waals surface area contributed by atoms with Crippen molar-refractivity contribution in [2.45, 2.75) is 32.2 Å². The third-order valence-electron chi connectivity index (χ3n) is 3.21. The number of aromatic amines is 2. The first kappa shape index (κ1) is 14.3. The summed E-state index contributed by atoms with van der Waals surface area (Å²) in [6, 6.07) is 5.79. The number of rotatable bonds is 6. The molecule has 0 unspecified atom stereocenters. The Morgan fingerprint density at radius 3 is 2.85 bits per heavy atom. The van der Waals surface area contributed by atoms with Gasteiger partial charge in [-0.25, -0.2) is 4.79 Å². The summed E-state index contributed by atoms with van der Waals surface area (Å²) in [4.78, 5) is 28.2. The minimum absolute atomic E-state index is 0.0174. The van der Waals surface area contributed by atoms with Gasteiger partial charge in [0.15, 0.2) is 0 Å². The van der Waals surface area contributed by atoms with Gasteiger partial charge in [0, 0.05) is 19.0 Å². The molecule has 1 aromatic carbocycles. The fraction of sp³-hybridized carbons (Fsp3) is 0.429. The largest absolute Gasteiger partial charge is 0.352 e. The summed E-state index contributed by atoms with van der Waals surface area (Å²) in [6.07, 6.45) is 2.04. The number of hydrogen-bond donors (Lipinski definition) is 4. The number of H-pyrrole nitrogens is 2. The van der Waals surface area contributed by atoms with Crippen LogP contribution in [0.4, 0.5) is 0 Å². The van der Waals surface area contributed by atoms with Gasteiger partial charge < -0.3 is 21.0 Å². The molecule has 0 saturated heterocycles. The van der Waals surface area contributed by atoms with E-state index in [4.69, 9.17) is 5.73 Å². The van der Waals surface area contributed by atoms with Crippen LogP contribution in [-0.2, 0) is 11.2 Å². The van der Waals surface area contributed by atoms with E-state index >= 15 is 0 Å². The Morgan fingerprint density at radius 1 is 1.35 bits per heavy atom. The van der Waals surface area contributed by atoms with Gasteiger partial charge in [-0.3, -0.25) is 4.79 Å². The summed E-state index contributed by atoms with van der Waals surface area (Å²) in [5, 5.41) is 2.83. The molecule has 0 spiro atoms. The van der Waals surface area contributed by atoms with E-state index in [1.54, 1.807) is 0 Å². The minimum Gasteiger partial charge on any atom is -0.352 e. The molecule has 5 N–H and O–H groups in total. The normalized spacial score (nSPS) is 12.5. The molecule has 1 atom stereocenters. The number of carbonyl (C=O) groups is 1. The number of aromatic nitrogens is 2. The van der Waals surface area contributed by atoms with E-state index in [1.807, 2.05) is 25.1 Å². The van der Waals surface area contributed by atoms with E-state index in [2.05, 4.69) is 15.3 Å². The van der Waals surface area contributed by atoms with Crippen LogP contribution in [0, 0.1) is 0 Å². The van der Waals surface area contributed by atoms with E-state index in [0.717, 1.165) is 29.4 Å². The molecule has 0 saturated carbocycles. The first-order valence-corrected chi connectivity index (χ1v) is 6.79. The first-order chi connectivity index (χ1) is 9.58. The lowest BCUT2D eigenvalue weighted by Gasteiger charge is -2.10. The third-order valence-corrected chi connectivity index (χ3v) is 3.21. The summed E-state index contributed by atoms with van der Waals surface area (Å²) in [7, 11) is 0. The van der Waals surface area contributed by atoms with Crippen molar-refractivity contribution in [1.29, 1.82) is 0 Å². The predicted octanol–water partition coefficient (Wildman–Crippen LogP) is 0.642. The molecule has 0 fully saturated rings. The van der Waals surface area contributed by atoms with Gasteiger partial charge in [0.2, 0.25) is 5.91 Å². The van der Waals surface area contributed by atoms with Gasteiger partial charge in [-0.1, -0.05) is 6.07 Å². The van der Waals surface area contributed by atoms with E-state index in [0.29, 0.717) is 13.0 Å². The van der Waals surface area contributed by atoms with Gasteiger partial charge in [0.25, 0.3) is 0 Å². The maximum absolute atomic E-state index is 11.6. The first-order valence-electron chi connectivity index (χ1n) is 6.79. The lowest BCUT2D eigenvalue weighted by molar-refractivity contribution is -0.121. The molecule has 6 nitrogen and oxygen atoms in total. The maximum Gasteiger partial charge on any atom is 0.323 e. The lowest BCUT2D eigenvalue weighted by atomic mass is 10.1. The highest BCUT2D eigenvalue weighted by molar-refractivity contribution is 5.76. The minimum atomic E-state index is -0.202. The fourth-order valence-corrected chi connectivity index (χ4v) is 2.09. The van der Waals surface area contributed by atoms with Crippen LogP contribution < -0.4 is 16.7 Å². The Bertz CT molecular complexity index is 644. The third kappa shape index (κ3) is 3.71. The monoisotopic (exact) mass is 276 g/mol. The van der Waals surface area contributed by atoms with Crippen molar-refractivity contribution in [3.63, 3.8) is 0 Å². The fourth-order valence-electron chi connectivity index (χ4n) is 2.09. The number of aryl methyl sites for hydroxylation is 1. The predicted molar refractivity (Wildman–Crippen MR) is 78.5 cm³/mol. The molecule has 0 aliphatic rings. The Kier molecular flexibility index (Phi) is 4.57. The smallest absolute Gasteiger partial charge is 0.323 e. The van der Waals surface area contributed by atoms with Crippen molar-refractivity contribution < 1.29 is 4.79 Å². The molecule has 1 amide bonds. The van der Waals surface area contributed by atoms with E-state index < -0.39 is 0 Å². The summed E-state index contributed by atoms with van der Waals surface area (Å²) in [5.41, 5.74) is 7.95.